The normalized spacial score (nSPS) is 10.4. The van der Waals surface area contributed by atoms with Crippen molar-refractivity contribution in [1.82, 2.24) is 19.9 Å². The summed E-state index contributed by atoms with van der Waals surface area (Å²) in [4.78, 5) is 16.4. The van der Waals surface area contributed by atoms with E-state index in [2.05, 4.69) is 19.9 Å². The van der Waals surface area contributed by atoms with E-state index in [4.69, 9.17) is 11.6 Å². The third-order valence-electron chi connectivity index (χ3n) is 1.76. The Balaban J connectivity index is 2.23. The van der Waals surface area contributed by atoms with Crippen LogP contribution in [0.15, 0.2) is 28.6 Å². The predicted molar refractivity (Wildman–Crippen MR) is 62.7 cm³/mol. The van der Waals surface area contributed by atoms with Crippen LogP contribution >= 0.6 is 23.4 Å². The fourth-order valence-electron chi connectivity index (χ4n) is 1.08. The molecule has 0 saturated carbocycles. The molecule has 0 atom stereocenters. The van der Waals surface area contributed by atoms with Crippen LogP contribution in [0.25, 0.3) is 0 Å². The number of hydrogen-bond acceptors (Lipinski definition) is 5. The van der Waals surface area contributed by atoms with E-state index in [1.807, 2.05) is 19.9 Å². The predicted octanol–water partition coefficient (Wildman–Crippen LogP) is 2.69. The molecule has 2 heterocycles. The van der Waals surface area contributed by atoms with Crippen molar-refractivity contribution in [3.8, 4) is 0 Å². The molecule has 82 valence electrons. The highest BCUT2D eigenvalue weighted by molar-refractivity contribution is 7.99. The molecule has 0 aliphatic rings. The Morgan fingerprint density at radius 2 is 1.81 bits per heavy atom. The van der Waals surface area contributed by atoms with Crippen LogP contribution in [0.1, 0.15) is 11.3 Å². The second kappa shape index (κ2) is 4.76. The van der Waals surface area contributed by atoms with Crippen molar-refractivity contribution in [1.29, 1.82) is 0 Å². The molecule has 0 aliphatic heterocycles. The van der Waals surface area contributed by atoms with Gasteiger partial charge >= 0.3 is 0 Å². The van der Waals surface area contributed by atoms with Crippen LogP contribution in [0.3, 0.4) is 0 Å². The van der Waals surface area contributed by atoms with Crippen molar-refractivity contribution < 1.29 is 0 Å². The molecule has 6 heteroatoms. The monoisotopic (exact) mass is 252 g/mol. The van der Waals surface area contributed by atoms with E-state index in [1.54, 1.807) is 12.4 Å². The van der Waals surface area contributed by atoms with Crippen LogP contribution in [0, 0.1) is 13.8 Å². The second-order valence-electron chi connectivity index (χ2n) is 3.26. The lowest BCUT2D eigenvalue weighted by atomic mass is 10.4. The molecular formula is C10H9ClN4S. The van der Waals surface area contributed by atoms with Gasteiger partial charge in [-0.25, -0.2) is 19.9 Å². The second-order valence-corrected chi connectivity index (χ2v) is 4.59. The maximum absolute atomic E-state index is 5.77. The van der Waals surface area contributed by atoms with E-state index in [1.165, 1.54) is 11.8 Å². The third kappa shape index (κ3) is 2.90. The van der Waals surface area contributed by atoms with Crippen LogP contribution in [0.2, 0.25) is 5.28 Å². The van der Waals surface area contributed by atoms with E-state index in [9.17, 15) is 0 Å². The Morgan fingerprint density at radius 1 is 1.12 bits per heavy atom. The number of nitrogens with zero attached hydrogens (tertiary/aromatic N) is 4. The molecule has 0 aromatic carbocycles. The Hall–Kier alpha value is -1.20. The van der Waals surface area contributed by atoms with E-state index >= 15 is 0 Å². The lowest BCUT2D eigenvalue weighted by Crippen LogP contribution is -1.91. The van der Waals surface area contributed by atoms with Crippen LogP contribution in [0.5, 0.6) is 0 Å². The minimum Gasteiger partial charge on any atom is -0.231 e. The highest BCUT2D eigenvalue weighted by Crippen LogP contribution is 2.23. The maximum Gasteiger partial charge on any atom is 0.223 e. The topological polar surface area (TPSA) is 51.6 Å². The molecule has 4 nitrogen and oxygen atoms in total. The van der Waals surface area contributed by atoms with E-state index in [-0.39, 0.29) is 5.28 Å². The highest BCUT2D eigenvalue weighted by Gasteiger charge is 2.04. The average Bonchev–Trinajstić information content (AvgIpc) is 2.20. The number of halogens is 1. The minimum absolute atomic E-state index is 0.245. The molecule has 0 fully saturated rings. The summed E-state index contributed by atoms with van der Waals surface area (Å²) in [5.41, 5.74) is 1.86. The van der Waals surface area contributed by atoms with Crippen LogP contribution in [-0.2, 0) is 0 Å². The molecule has 16 heavy (non-hydrogen) atoms. The Labute approximate surface area is 103 Å². The molecule has 0 aliphatic carbocycles. The van der Waals surface area contributed by atoms with Gasteiger partial charge in [0, 0.05) is 18.1 Å². The van der Waals surface area contributed by atoms with Gasteiger partial charge < -0.3 is 0 Å². The first-order valence-corrected chi connectivity index (χ1v) is 5.80. The molecule has 2 aromatic rings. The largest absolute Gasteiger partial charge is 0.231 e. The van der Waals surface area contributed by atoms with Gasteiger partial charge in [0.15, 0.2) is 5.16 Å². The summed E-state index contributed by atoms with van der Waals surface area (Å²) in [6, 6.07) is 1.85. The van der Waals surface area contributed by atoms with Crippen molar-refractivity contribution in [2.45, 2.75) is 24.0 Å². The van der Waals surface area contributed by atoms with Gasteiger partial charge in [0.05, 0.1) is 0 Å². The summed E-state index contributed by atoms with van der Waals surface area (Å²) in [6.45, 7) is 3.81. The zero-order valence-electron chi connectivity index (χ0n) is 8.81. The van der Waals surface area contributed by atoms with Crippen molar-refractivity contribution in [2.24, 2.45) is 0 Å². The molecule has 0 saturated heterocycles. The van der Waals surface area contributed by atoms with E-state index in [0.29, 0.717) is 5.16 Å². The van der Waals surface area contributed by atoms with Crippen molar-refractivity contribution in [3.63, 3.8) is 0 Å². The van der Waals surface area contributed by atoms with Gasteiger partial charge in [-0.1, -0.05) is 0 Å². The zero-order chi connectivity index (χ0) is 11.5. The Morgan fingerprint density at radius 3 is 2.44 bits per heavy atom. The van der Waals surface area contributed by atoms with Crippen LogP contribution in [0.4, 0.5) is 0 Å². The van der Waals surface area contributed by atoms with Gasteiger partial charge in [0.2, 0.25) is 5.28 Å². The molecule has 2 rings (SSSR count). The van der Waals surface area contributed by atoms with Gasteiger partial charge in [0.25, 0.3) is 0 Å². The van der Waals surface area contributed by atoms with Gasteiger partial charge in [-0.3, -0.25) is 0 Å². The van der Waals surface area contributed by atoms with Gasteiger partial charge in [-0.05, 0) is 48.8 Å². The number of aryl methyl sites for hydroxylation is 2. The summed E-state index contributed by atoms with van der Waals surface area (Å²) in [7, 11) is 0. The first kappa shape index (κ1) is 11.3. The molecule has 0 bridgehead atoms. The first-order chi connectivity index (χ1) is 7.63. The maximum atomic E-state index is 5.77. The molecule has 0 spiro atoms. The summed E-state index contributed by atoms with van der Waals surface area (Å²) in [6.07, 6.45) is 3.54. The Bertz CT molecular complexity index is 480. The van der Waals surface area contributed by atoms with Crippen LogP contribution in [-0.4, -0.2) is 19.9 Å². The standard InChI is InChI=1S/C10H9ClN4S/c1-6-4-12-10(13-5-6)16-8-3-7(2)14-9(11)15-8/h3-5H,1-2H3. The molecule has 0 amide bonds. The summed E-state index contributed by atoms with van der Waals surface area (Å²) < 4.78 is 0. The number of rotatable bonds is 2. The third-order valence-corrected chi connectivity index (χ3v) is 2.74. The average molecular weight is 253 g/mol. The number of aromatic nitrogens is 4. The van der Waals surface area contributed by atoms with Crippen molar-refractivity contribution in [2.75, 3.05) is 0 Å². The smallest absolute Gasteiger partial charge is 0.223 e. The van der Waals surface area contributed by atoms with Gasteiger partial charge in [0.1, 0.15) is 5.03 Å². The van der Waals surface area contributed by atoms with E-state index in [0.717, 1.165) is 16.3 Å². The summed E-state index contributed by atoms with van der Waals surface area (Å²) >= 11 is 7.13. The lowest BCUT2D eigenvalue weighted by molar-refractivity contribution is 0.937. The number of hydrogen-bond donors (Lipinski definition) is 0. The SMILES string of the molecule is Cc1cnc(Sc2cc(C)nc(Cl)n2)nc1. The first-order valence-electron chi connectivity index (χ1n) is 4.61. The Kier molecular flexibility index (Phi) is 3.36. The minimum atomic E-state index is 0.245. The van der Waals surface area contributed by atoms with Crippen molar-refractivity contribution >= 4 is 23.4 Å². The summed E-state index contributed by atoms with van der Waals surface area (Å²) in [5.74, 6) is 0. The van der Waals surface area contributed by atoms with Crippen molar-refractivity contribution in [3.05, 3.63) is 35.0 Å². The highest BCUT2D eigenvalue weighted by atomic mass is 35.5. The molecule has 0 N–H and O–H groups in total. The molecule has 2 aromatic heterocycles. The molecular weight excluding hydrogens is 244 g/mol. The van der Waals surface area contributed by atoms with E-state index < -0.39 is 0 Å². The molecule has 0 radical (unpaired) electrons. The van der Waals surface area contributed by atoms with Crippen LogP contribution < -0.4 is 0 Å². The molecule has 0 unspecified atom stereocenters. The van der Waals surface area contributed by atoms with Gasteiger partial charge in [-0.15, -0.1) is 0 Å². The quantitative estimate of drug-likeness (QED) is 0.608. The lowest BCUT2D eigenvalue weighted by Gasteiger charge is -2.01. The zero-order valence-corrected chi connectivity index (χ0v) is 10.4. The van der Waals surface area contributed by atoms with Gasteiger partial charge in [-0.2, -0.15) is 0 Å². The summed E-state index contributed by atoms with van der Waals surface area (Å²) in [5, 5.41) is 1.65. The fraction of sp³-hybridized carbons (Fsp3) is 0.200. The fourth-order valence-corrected chi connectivity index (χ4v) is 2.12.